The summed E-state index contributed by atoms with van der Waals surface area (Å²) in [7, 11) is 3.96. The van der Waals surface area contributed by atoms with Crippen LogP contribution in [0.4, 0.5) is 0 Å². The number of nitrogens with zero attached hydrogens (tertiary/aromatic N) is 5. The smallest absolute Gasteiger partial charge is 0.128 e. The highest BCUT2D eigenvalue weighted by atomic mass is 35.5. The zero-order chi connectivity index (χ0) is 15.6. The second-order valence-corrected chi connectivity index (χ2v) is 5.71. The Labute approximate surface area is 130 Å². The lowest BCUT2D eigenvalue weighted by Crippen LogP contribution is -2.20. The van der Waals surface area contributed by atoms with E-state index in [0.717, 1.165) is 23.8 Å². The fraction of sp³-hybridized carbons (Fsp3) is 0.571. The number of aryl methyl sites for hydroxylation is 1. The maximum absolute atomic E-state index is 9.06. The summed E-state index contributed by atoms with van der Waals surface area (Å²) in [6, 6.07) is 0. The summed E-state index contributed by atoms with van der Waals surface area (Å²) in [5.41, 5.74) is 3.31. The third-order valence-electron chi connectivity index (χ3n) is 3.71. The number of halogens is 1. The van der Waals surface area contributed by atoms with Gasteiger partial charge in [0.1, 0.15) is 11.0 Å². The summed E-state index contributed by atoms with van der Waals surface area (Å²) in [6.07, 6.45) is 1.67. The van der Waals surface area contributed by atoms with Crippen molar-refractivity contribution < 1.29 is 5.11 Å². The molecule has 1 N–H and O–H groups in total. The van der Waals surface area contributed by atoms with E-state index in [1.807, 2.05) is 37.2 Å². The van der Waals surface area contributed by atoms with Crippen molar-refractivity contribution in [1.82, 2.24) is 24.2 Å². The van der Waals surface area contributed by atoms with Crippen molar-refractivity contribution in [3.8, 4) is 0 Å². The van der Waals surface area contributed by atoms with E-state index in [2.05, 4.69) is 15.0 Å². The van der Waals surface area contributed by atoms with Crippen LogP contribution in [0.25, 0.3) is 0 Å². The molecule has 0 aliphatic heterocycles. The normalized spacial score (nSPS) is 11.6. The van der Waals surface area contributed by atoms with Crippen LogP contribution in [0.1, 0.15) is 22.8 Å². The molecule has 2 aromatic heterocycles. The lowest BCUT2D eigenvalue weighted by molar-refractivity contribution is 0.267. The summed E-state index contributed by atoms with van der Waals surface area (Å²) in [5.74, 6) is 0.931. The molecule has 21 heavy (non-hydrogen) atoms. The lowest BCUT2D eigenvalue weighted by atomic mass is 10.2. The van der Waals surface area contributed by atoms with Crippen molar-refractivity contribution in [3.63, 3.8) is 0 Å². The first-order valence-electron chi connectivity index (χ1n) is 6.92. The predicted molar refractivity (Wildman–Crippen MR) is 82.2 cm³/mol. The summed E-state index contributed by atoms with van der Waals surface area (Å²) >= 11 is 6.01. The molecular weight excluding hydrogens is 290 g/mol. The van der Waals surface area contributed by atoms with Crippen molar-refractivity contribution >= 4 is 11.6 Å². The van der Waals surface area contributed by atoms with Gasteiger partial charge in [-0.25, -0.2) is 4.98 Å². The van der Waals surface area contributed by atoms with E-state index in [-0.39, 0.29) is 6.61 Å². The minimum atomic E-state index is 0.100. The highest BCUT2D eigenvalue weighted by Crippen LogP contribution is 2.17. The Morgan fingerprint density at radius 2 is 2.05 bits per heavy atom. The van der Waals surface area contributed by atoms with Gasteiger partial charge in [-0.15, -0.1) is 0 Å². The number of hydrogen-bond acceptors (Lipinski definition) is 4. The number of aliphatic hydroxyl groups excluding tert-OH is 1. The highest BCUT2D eigenvalue weighted by molar-refractivity contribution is 6.29. The van der Waals surface area contributed by atoms with E-state index >= 15 is 0 Å². The van der Waals surface area contributed by atoms with E-state index in [1.54, 1.807) is 6.20 Å². The average molecular weight is 312 g/mol. The molecule has 2 heterocycles. The topological polar surface area (TPSA) is 59.1 Å². The number of aliphatic hydroxyl groups is 1. The first kappa shape index (κ1) is 16.0. The average Bonchev–Trinajstić information content (AvgIpc) is 2.87. The predicted octanol–water partition coefficient (Wildman–Crippen LogP) is 1.51. The van der Waals surface area contributed by atoms with Crippen molar-refractivity contribution in [2.45, 2.75) is 33.5 Å². The van der Waals surface area contributed by atoms with Gasteiger partial charge >= 0.3 is 0 Å². The molecule has 2 aromatic rings. The van der Waals surface area contributed by atoms with Crippen LogP contribution in [0.15, 0.2) is 6.20 Å². The van der Waals surface area contributed by atoms with Crippen molar-refractivity contribution in [2.24, 2.45) is 7.05 Å². The summed E-state index contributed by atoms with van der Waals surface area (Å²) in [5, 5.41) is 14.2. The van der Waals surface area contributed by atoms with Gasteiger partial charge in [0.25, 0.3) is 0 Å². The molecule has 0 saturated heterocycles. The van der Waals surface area contributed by atoms with Gasteiger partial charge in [-0.3, -0.25) is 9.58 Å². The Morgan fingerprint density at radius 3 is 2.62 bits per heavy atom. The van der Waals surface area contributed by atoms with Crippen LogP contribution in [0, 0.1) is 13.8 Å². The van der Waals surface area contributed by atoms with Gasteiger partial charge in [0.2, 0.25) is 0 Å². The number of aromatic nitrogens is 4. The van der Waals surface area contributed by atoms with Crippen molar-refractivity contribution in [3.05, 3.63) is 34.1 Å². The Balaban J connectivity index is 2.09. The molecule has 6 nitrogen and oxygen atoms in total. The van der Waals surface area contributed by atoms with Gasteiger partial charge < -0.3 is 9.67 Å². The van der Waals surface area contributed by atoms with Crippen LogP contribution in [0.3, 0.4) is 0 Å². The Bertz CT molecular complexity index is 619. The fourth-order valence-corrected chi connectivity index (χ4v) is 2.56. The number of hydrogen-bond donors (Lipinski definition) is 1. The van der Waals surface area contributed by atoms with Gasteiger partial charge in [-0.05, 0) is 20.9 Å². The zero-order valence-corrected chi connectivity index (χ0v) is 13.7. The summed E-state index contributed by atoms with van der Waals surface area (Å²) in [4.78, 5) is 6.49. The maximum atomic E-state index is 9.06. The van der Waals surface area contributed by atoms with Crippen LogP contribution < -0.4 is 0 Å². The molecule has 0 fully saturated rings. The van der Waals surface area contributed by atoms with Gasteiger partial charge in [0.05, 0.1) is 31.6 Å². The van der Waals surface area contributed by atoms with Crippen LogP contribution in [0.2, 0.25) is 5.15 Å². The van der Waals surface area contributed by atoms with Gasteiger partial charge in [0.15, 0.2) is 0 Å². The molecule has 0 saturated carbocycles. The third kappa shape index (κ3) is 3.45. The molecule has 0 aliphatic rings. The molecule has 0 radical (unpaired) electrons. The van der Waals surface area contributed by atoms with Crippen LogP contribution in [-0.4, -0.2) is 43.0 Å². The van der Waals surface area contributed by atoms with Crippen molar-refractivity contribution in [2.75, 3.05) is 13.7 Å². The van der Waals surface area contributed by atoms with Gasteiger partial charge in [-0.1, -0.05) is 11.6 Å². The van der Waals surface area contributed by atoms with E-state index in [9.17, 15) is 0 Å². The molecule has 0 amide bonds. The highest BCUT2D eigenvalue weighted by Gasteiger charge is 2.14. The molecule has 0 aromatic carbocycles. The SMILES string of the molecule is Cc1nn(CCO)c(C)c1CN(C)Cc1ncc(Cl)n1C. The molecule has 0 spiro atoms. The Morgan fingerprint density at radius 1 is 1.33 bits per heavy atom. The third-order valence-corrected chi connectivity index (χ3v) is 4.06. The first-order chi connectivity index (χ1) is 9.93. The van der Waals surface area contributed by atoms with Crippen LogP contribution in [0.5, 0.6) is 0 Å². The second kappa shape index (κ2) is 6.60. The fourth-order valence-electron chi connectivity index (χ4n) is 2.41. The van der Waals surface area contributed by atoms with Gasteiger partial charge in [0, 0.05) is 24.8 Å². The molecule has 2 rings (SSSR count). The van der Waals surface area contributed by atoms with Gasteiger partial charge in [-0.2, -0.15) is 5.10 Å². The van der Waals surface area contributed by atoms with Crippen molar-refractivity contribution in [1.29, 1.82) is 0 Å². The van der Waals surface area contributed by atoms with Crippen LogP contribution in [-0.2, 0) is 26.7 Å². The first-order valence-corrected chi connectivity index (χ1v) is 7.30. The van der Waals surface area contributed by atoms with E-state index in [1.165, 1.54) is 5.56 Å². The molecule has 0 aliphatic carbocycles. The van der Waals surface area contributed by atoms with Crippen LogP contribution >= 0.6 is 11.6 Å². The minimum Gasteiger partial charge on any atom is -0.394 e. The molecule has 7 heteroatoms. The molecule has 0 bridgehead atoms. The largest absolute Gasteiger partial charge is 0.394 e. The maximum Gasteiger partial charge on any atom is 0.128 e. The quantitative estimate of drug-likeness (QED) is 0.878. The van der Waals surface area contributed by atoms with E-state index in [4.69, 9.17) is 16.7 Å². The zero-order valence-electron chi connectivity index (χ0n) is 13.0. The standard InChI is InChI=1S/C14H22ClN5O/c1-10-12(11(2)20(17-10)5-6-21)8-18(3)9-14-16-7-13(15)19(14)4/h7,21H,5-6,8-9H2,1-4H3. The summed E-state index contributed by atoms with van der Waals surface area (Å²) in [6.45, 7) is 6.17. The number of imidazole rings is 1. The Hall–Kier alpha value is -1.37. The number of rotatable bonds is 6. The second-order valence-electron chi connectivity index (χ2n) is 5.32. The summed E-state index contributed by atoms with van der Waals surface area (Å²) < 4.78 is 3.74. The molecule has 0 unspecified atom stereocenters. The molecule has 116 valence electrons. The molecule has 0 atom stereocenters. The van der Waals surface area contributed by atoms with E-state index < -0.39 is 0 Å². The molecular formula is C14H22ClN5O. The monoisotopic (exact) mass is 311 g/mol. The minimum absolute atomic E-state index is 0.100. The van der Waals surface area contributed by atoms with E-state index in [0.29, 0.717) is 18.2 Å². The Kier molecular flexibility index (Phi) is 5.03. The lowest BCUT2D eigenvalue weighted by Gasteiger charge is -2.17.